The van der Waals surface area contributed by atoms with E-state index in [0.717, 1.165) is 0 Å². The van der Waals surface area contributed by atoms with Crippen LogP contribution < -0.4 is 10.2 Å². The Morgan fingerprint density at radius 2 is 2.47 bits per heavy atom. The van der Waals surface area contributed by atoms with Crippen LogP contribution in [-0.2, 0) is 9.53 Å². The molecule has 0 spiro atoms. The molecule has 1 amide bonds. The third-order valence-electron chi connectivity index (χ3n) is 2.94. The highest BCUT2D eigenvalue weighted by Gasteiger charge is 2.38. The van der Waals surface area contributed by atoms with E-state index in [1.54, 1.807) is 0 Å². The Kier molecular flexibility index (Phi) is 2.41. The van der Waals surface area contributed by atoms with Gasteiger partial charge in [0.1, 0.15) is 11.7 Å². The molecule has 90 valence electrons. The first-order valence-electron chi connectivity index (χ1n) is 5.37. The summed E-state index contributed by atoms with van der Waals surface area (Å²) in [6.07, 6.45) is 1.59. The number of hydrogen-bond donors (Lipinski definition) is 1. The summed E-state index contributed by atoms with van der Waals surface area (Å²) in [5, 5.41) is 2.94. The lowest BCUT2D eigenvalue weighted by Crippen LogP contribution is -2.57. The molecule has 0 aromatic carbocycles. The predicted octanol–water partition coefficient (Wildman–Crippen LogP) is 0.676. The Morgan fingerprint density at radius 3 is 3.29 bits per heavy atom. The van der Waals surface area contributed by atoms with Crippen LogP contribution in [0.1, 0.15) is 6.92 Å². The molecule has 6 nitrogen and oxygen atoms in total. The fourth-order valence-electron chi connectivity index (χ4n) is 2.13. The van der Waals surface area contributed by atoms with Gasteiger partial charge in [-0.05, 0) is 18.5 Å². The Labute approximate surface area is 103 Å². The van der Waals surface area contributed by atoms with Crippen molar-refractivity contribution in [1.29, 1.82) is 0 Å². The van der Waals surface area contributed by atoms with Crippen LogP contribution in [0.5, 0.6) is 0 Å². The maximum Gasteiger partial charge on any atom is 0.249 e. The number of fused-ring (bicyclic) bond motifs is 3. The van der Waals surface area contributed by atoms with Crippen LogP contribution in [0, 0.1) is 0 Å². The highest BCUT2D eigenvalue weighted by atomic mass is 35.5. The molecule has 2 aliphatic rings. The maximum atomic E-state index is 11.9. The van der Waals surface area contributed by atoms with Crippen molar-refractivity contribution in [3.63, 3.8) is 0 Å². The molecule has 1 saturated heterocycles. The molecule has 7 heteroatoms. The number of carbonyl (C=O) groups excluding carboxylic acids is 1. The molecule has 2 aliphatic heterocycles. The normalized spacial score (nSPS) is 27.2. The smallest absolute Gasteiger partial charge is 0.249 e. The lowest BCUT2D eigenvalue weighted by molar-refractivity contribution is -0.121. The second kappa shape index (κ2) is 3.82. The van der Waals surface area contributed by atoms with Gasteiger partial charge in [-0.2, -0.15) is 4.98 Å². The van der Waals surface area contributed by atoms with Crippen molar-refractivity contribution in [2.24, 2.45) is 0 Å². The van der Waals surface area contributed by atoms with Crippen molar-refractivity contribution in [3.8, 4) is 0 Å². The van der Waals surface area contributed by atoms with Crippen LogP contribution in [0.3, 0.4) is 0 Å². The molecule has 1 N–H and O–H groups in total. The number of anilines is 2. The van der Waals surface area contributed by atoms with E-state index in [2.05, 4.69) is 15.3 Å². The maximum absolute atomic E-state index is 11.9. The fraction of sp³-hybridized carbons (Fsp3) is 0.500. The van der Waals surface area contributed by atoms with E-state index in [9.17, 15) is 4.79 Å². The second-order valence-corrected chi connectivity index (χ2v) is 4.52. The van der Waals surface area contributed by atoms with E-state index in [-0.39, 0.29) is 23.3 Å². The third kappa shape index (κ3) is 1.73. The van der Waals surface area contributed by atoms with Gasteiger partial charge in [0.15, 0.2) is 5.82 Å². The number of amides is 1. The van der Waals surface area contributed by atoms with Gasteiger partial charge in [-0.15, -0.1) is 0 Å². The topological polar surface area (TPSA) is 67.4 Å². The summed E-state index contributed by atoms with van der Waals surface area (Å²) in [5.74, 6) is 0.583. The number of halogens is 1. The third-order valence-corrected chi connectivity index (χ3v) is 3.12. The van der Waals surface area contributed by atoms with Crippen molar-refractivity contribution < 1.29 is 9.53 Å². The van der Waals surface area contributed by atoms with Crippen LogP contribution in [0.2, 0.25) is 5.28 Å². The molecule has 0 bridgehead atoms. The number of carbonyl (C=O) groups is 1. The van der Waals surface area contributed by atoms with Gasteiger partial charge in [0.2, 0.25) is 11.2 Å². The van der Waals surface area contributed by atoms with Gasteiger partial charge < -0.3 is 15.0 Å². The molecule has 1 fully saturated rings. The van der Waals surface area contributed by atoms with Crippen molar-refractivity contribution in [3.05, 3.63) is 11.5 Å². The first-order chi connectivity index (χ1) is 8.15. The van der Waals surface area contributed by atoms with Crippen LogP contribution in [0.4, 0.5) is 11.5 Å². The van der Waals surface area contributed by atoms with Crippen LogP contribution in [0.15, 0.2) is 6.20 Å². The minimum absolute atomic E-state index is 0.0683. The monoisotopic (exact) mass is 254 g/mol. The molecule has 3 rings (SSSR count). The highest BCUT2D eigenvalue weighted by Crippen LogP contribution is 2.32. The number of nitrogens with one attached hydrogen (secondary N) is 1. The summed E-state index contributed by atoms with van der Waals surface area (Å²) in [4.78, 5) is 21.8. The van der Waals surface area contributed by atoms with Gasteiger partial charge in [-0.1, -0.05) is 0 Å². The van der Waals surface area contributed by atoms with E-state index >= 15 is 0 Å². The fourth-order valence-corrected chi connectivity index (χ4v) is 2.26. The lowest BCUT2D eigenvalue weighted by atomic mass is 10.1. The zero-order valence-electron chi connectivity index (χ0n) is 9.18. The molecule has 0 saturated carbocycles. The van der Waals surface area contributed by atoms with Crippen LogP contribution >= 0.6 is 11.6 Å². The number of rotatable bonds is 0. The molecule has 17 heavy (non-hydrogen) atoms. The minimum Gasteiger partial charge on any atom is -0.374 e. The highest BCUT2D eigenvalue weighted by molar-refractivity contribution is 6.28. The Balaban J connectivity index is 2.05. The first kappa shape index (κ1) is 10.7. The van der Waals surface area contributed by atoms with Crippen LogP contribution in [-0.4, -0.2) is 41.2 Å². The Bertz CT molecular complexity index is 481. The van der Waals surface area contributed by atoms with Gasteiger partial charge in [0, 0.05) is 6.54 Å². The number of morpholine rings is 1. The number of nitrogens with zero attached hydrogens (tertiary/aromatic N) is 3. The molecule has 2 atom stereocenters. The molecule has 1 aromatic rings. The quantitative estimate of drug-likeness (QED) is 0.690. The molecular weight excluding hydrogens is 244 g/mol. The summed E-state index contributed by atoms with van der Waals surface area (Å²) in [7, 11) is 0. The summed E-state index contributed by atoms with van der Waals surface area (Å²) < 4.78 is 5.48. The van der Waals surface area contributed by atoms with Crippen molar-refractivity contribution in [1.82, 2.24) is 9.97 Å². The Hall–Kier alpha value is -1.40. The van der Waals surface area contributed by atoms with E-state index in [1.807, 2.05) is 11.8 Å². The molecule has 1 unspecified atom stereocenters. The standard InChI is InChI=1S/C10H11ClN4O2/c1-5-3-15-7(4-17-5)9(16)13-6-2-12-10(11)14-8(6)15/h2,5,7H,3-4H2,1H3,(H,13,16)/t5?,7-/m1/s1. The Morgan fingerprint density at radius 1 is 1.65 bits per heavy atom. The lowest BCUT2D eigenvalue weighted by Gasteiger charge is -2.41. The molecule has 0 radical (unpaired) electrons. The van der Waals surface area contributed by atoms with Gasteiger partial charge >= 0.3 is 0 Å². The van der Waals surface area contributed by atoms with Gasteiger partial charge in [0.05, 0.1) is 18.9 Å². The number of ether oxygens (including phenoxy) is 1. The van der Waals surface area contributed by atoms with Gasteiger partial charge in [-0.3, -0.25) is 4.79 Å². The largest absolute Gasteiger partial charge is 0.374 e. The van der Waals surface area contributed by atoms with Crippen LogP contribution in [0.25, 0.3) is 0 Å². The van der Waals surface area contributed by atoms with Gasteiger partial charge in [-0.25, -0.2) is 4.98 Å². The van der Waals surface area contributed by atoms with Crippen molar-refractivity contribution in [2.45, 2.75) is 19.1 Å². The average molecular weight is 255 g/mol. The van der Waals surface area contributed by atoms with Gasteiger partial charge in [0.25, 0.3) is 0 Å². The van der Waals surface area contributed by atoms with Crippen molar-refractivity contribution >= 4 is 29.0 Å². The summed E-state index contributed by atoms with van der Waals surface area (Å²) in [6, 6.07) is -0.329. The second-order valence-electron chi connectivity index (χ2n) is 4.18. The molecule has 0 aliphatic carbocycles. The summed E-state index contributed by atoms with van der Waals surface area (Å²) in [6.45, 7) is 2.96. The van der Waals surface area contributed by atoms with E-state index in [0.29, 0.717) is 24.7 Å². The van der Waals surface area contributed by atoms with E-state index in [4.69, 9.17) is 16.3 Å². The molecule has 3 heterocycles. The molecular formula is C10H11ClN4O2. The van der Waals surface area contributed by atoms with E-state index < -0.39 is 0 Å². The first-order valence-corrected chi connectivity index (χ1v) is 5.74. The average Bonchev–Trinajstić information content (AvgIpc) is 2.30. The molecule has 1 aromatic heterocycles. The number of aromatic nitrogens is 2. The minimum atomic E-state index is -0.329. The number of hydrogen-bond acceptors (Lipinski definition) is 5. The van der Waals surface area contributed by atoms with E-state index in [1.165, 1.54) is 6.20 Å². The summed E-state index contributed by atoms with van der Waals surface area (Å²) >= 11 is 5.79. The zero-order valence-corrected chi connectivity index (χ0v) is 9.94. The predicted molar refractivity (Wildman–Crippen MR) is 62.2 cm³/mol. The summed E-state index contributed by atoms with van der Waals surface area (Å²) in [5.41, 5.74) is 0.602. The van der Waals surface area contributed by atoms with Crippen molar-refractivity contribution in [2.75, 3.05) is 23.4 Å². The zero-order chi connectivity index (χ0) is 12.0. The SMILES string of the molecule is CC1CN2c3nc(Cl)ncc3NC(=O)[C@H]2CO1.